The quantitative estimate of drug-likeness (QED) is 0.607. The Morgan fingerprint density at radius 1 is 0.950 bits per heavy atom. The van der Waals surface area contributed by atoms with Gasteiger partial charge in [0.25, 0.3) is 0 Å². The van der Waals surface area contributed by atoms with Gasteiger partial charge in [0.05, 0.1) is 17.5 Å². The molecule has 114 valence electrons. The van der Waals surface area contributed by atoms with Crippen LogP contribution in [0.3, 0.4) is 0 Å². The highest BCUT2D eigenvalue weighted by Gasteiger charge is 2.31. The molecule has 0 aromatic heterocycles. The fourth-order valence-corrected chi connectivity index (χ4v) is 4.14. The van der Waals surface area contributed by atoms with E-state index in [1.807, 2.05) is 44.2 Å². The van der Waals surface area contributed by atoms with Crippen molar-refractivity contribution in [1.82, 2.24) is 0 Å². The molecular formula is C16H27O3P. The van der Waals surface area contributed by atoms with Crippen molar-refractivity contribution >= 4 is 12.9 Å². The number of hydrogen-bond acceptors (Lipinski definition) is 3. The lowest BCUT2D eigenvalue weighted by molar-refractivity contribution is 0.125. The van der Waals surface area contributed by atoms with Gasteiger partial charge in [-0.25, -0.2) is 0 Å². The van der Waals surface area contributed by atoms with Crippen LogP contribution in [-0.2, 0) is 13.6 Å². The van der Waals surface area contributed by atoms with Crippen molar-refractivity contribution in [1.29, 1.82) is 0 Å². The molecule has 0 N–H and O–H groups in total. The summed E-state index contributed by atoms with van der Waals surface area (Å²) in [6.45, 7) is 8.08. The molecule has 0 heterocycles. The van der Waals surface area contributed by atoms with Gasteiger partial charge in [-0.05, 0) is 38.8 Å². The average molecular weight is 298 g/mol. The Hall–Kier alpha value is -0.630. The van der Waals surface area contributed by atoms with Crippen molar-refractivity contribution < 1.29 is 13.6 Å². The van der Waals surface area contributed by atoms with E-state index in [-0.39, 0.29) is 12.2 Å². The Morgan fingerprint density at radius 3 is 1.80 bits per heavy atom. The van der Waals surface area contributed by atoms with Crippen LogP contribution < -0.4 is 5.30 Å². The molecule has 3 atom stereocenters. The van der Waals surface area contributed by atoms with E-state index < -0.39 is 7.60 Å². The molecule has 0 bridgehead atoms. The van der Waals surface area contributed by atoms with Crippen LogP contribution in [0.25, 0.3) is 0 Å². The first-order valence-corrected chi connectivity index (χ1v) is 9.08. The molecule has 0 amide bonds. The topological polar surface area (TPSA) is 35.5 Å². The minimum atomic E-state index is -3.24. The summed E-state index contributed by atoms with van der Waals surface area (Å²) in [5.74, 6) is 0. The zero-order valence-corrected chi connectivity index (χ0v) is 13.9. The van der Waals surface area contributed by atoms with Gasteiger partial charge in [-0.1, -0.05) is 44.9 Å². The molecule has 0 fully saturated rings. The van der Waals surface area contributed by atoms with Crippen molar-refractivity contribution in [2.45, 2.75) is 65.6 Å². The van der Waals surface area contributed by atoms with E-state index in [0.717, 1.165) is 25.7 Å². The van der Waals surface area contributed by atoms with Gasteiger partial charge in [-0.15, -0.1) is 0 Å². The van der Waals surface area contributed by atoms with Gasteiger partial charge in [-0.3, -0.25) is 4.57 Å². The van der Waals surface area contributed by atoms with E-state index in [1.165, 1.54) is 0 Å². The summed E-state index contributed by atoms with van der Waals surface area (Å²) in [5, 5.41) is 0.644. The molecule has 1 aromatic carbocycles. The first-order valence-electron chi connectivity index (χ1n) is 7.54. The molecule has 0 radical (unpaired) electrons. The van der Waals surface area contributed by atoms with E-state index in [1.54, 1.807) is 0 Å². The van der Waals surface area contributed by atoms with Crippen LogP contribution in [0, 0.1) is 0 Å². The van der Waals surface area contributed by atoms with Crippen molar-refractivity contribution in [3.63, 3.8) is 0 Å². The lowest BCUT2D eigenvalue weighted by Gasteiger charge is -2.25. The van der Waals surface area contributed by atoms with Crippen LogP contribution in [0.15, 0.2) is 30.3 Å². The zero-order valence-electron chi connectivity index (χ0n) is 13.0. The van der Waals surface area contributed by atoms with Crippen molar-refractivity contribution in [3.8, 4) is 0 Å². The fraction of sp³-hybridized carbons (Fsp3) is 0.625. The molecule has 4 heteroatoms. The molecule has 1 unspecified atom stereocenters. The second-order valence-corrected chi connectivity index (χ2v) is 7.18. The van der Waals surface area contributed by atoms with Crippen LogP contribution >= 0.6 is 7.60 Å². The maximum atomic E-state index is 13.1. The molecule has 0 aliphatic carbocycles. The summed E-state index contributed by atoms with van der Waals surface area (Å²) >= 11 is 0. The van der Waals surface area contributed by atoms with Gasteiger partial charge < -0.3 is 9.05 Å². The lowest BCUT2D eigenvalue weighted by Crippen LogP contribution is -2.19. The Labute approximate surface area is 123 Å². The Bertz CT molecular complexity index is 401. The molecule has 3 nitrogen and oxygen atoms in total. The Morgan fingerprint density at radius 2 is 1.40 bits per heavy atom. The highest BCUT2D eigenvalue weighted by molar-refractivity contribution is 7.62. The molecule has 0 saturated heterocycles. The number of hydrogen-bond donors (Lipinski definition) is 0. The maximum absolute atomic E-state index is 13.1. The standard InChI is InChI=1S/C16H27O3P/c1-5-10-14(3)18-20(17,19-15(4)11-6-2)16-12-8-7-9-13-16/h7-9,12-15H,5-6,10-11H2,1-4H3/t14-,15+,20?. The molecule has 0 aliphatic rings. The number of benzene rings is 1. The van der Waals surface area contributed by atoms with E-state index >= 15 is 0 Å². The van der Waals surface area contributed by atoms with Crippen molar-refractivity contribution in [2.24, 2.45) is 0 Å². The summed E-state index contributed by atoms with van der Waals surface area (Å²) in [4.78, 5) is 0. The second kappa shape index (κ2) is 8.61. The van der Waals surface area contributed by atoms with Gasteiger partial charge in [0.15, 0.2) is 0 Å². The normalized spacial score (nSPS) is 17.4. The van der Waals surface area contributed by atoms with Crippen LogP contribution in [0.1, 0.15) is 53.4 Å². The summed E-state index contributed by atoms with van der Waals surface area (Å²) in [5.41, 5.74) is 0. The predicted octanol–water partition coefficient (Wildman–Crippen LogP) is 4.92. The summed E-state index contributed by atoms with van der Waals surface area (Å²) in [6.07, 6.45) is 3.62. The third-order valence-corrected chi connectivity index (χ3v) is 5.31. The first kappa shape index (κ1) is 17.4. The molecule has 1 aromatic rings. The van der Waals surface area contributed by atoms with Crippen LogP contribution in [0.2, 0.25) is 0 Å². The second-order valence-electron chi connectivity index (χ2n) is 5.24. The highest BCUT2D eigenvalue weighted by atomic mass is 31.2. The molecule has 20 heavy (non-hydrogen) atoms. The minimum Gasteiger partial charge on any atom is -0.302 e. The smallest absolute Gasteiger partial charge is 0.302 e. The average Bonchev–Trinajstić information content (AvgIpc) is 2.40. The van der Waals surface area contributed by atoms with Gasteiger partial charge >= 0.3 is 7.60 Å². The van der Waals surface area contributed by atoms with Crippen molar-refractivity contribution in [3.05, 3.63) is 30.3 Å². The van der Waals surface area contributed by atoms with Crippen molar-refractivity contribution in [2.75, 3.05) is 0 Å². The SMILES string of the molecule is CCC[C@@H](C)OP(=O)(O[C@@H](C)CCC)c1ccccc1. The minimum absolute atomic E-state index is 0.0696. The van der Waals surface area contributed by atoms with Crippen LogP contribution in [-0.4, -0.2) is 12.2 Å². The van der Waals surface area contributed by atoms with Crippen LogP contribution in [0.4, 0.5) is 0 Å². The van der Waals surface area contributed by atoms with Gasteiger partial charge in [-0.2, -0.15) is 0 Å². The van der Waals surface area contributed by atoms with E-state index in [0.29, 0.717) is 5.30 Å². The largest absolute Gasteiger partial charge is 0.361 e. The summed E-state index contributed by atoms with van der Waals surface area (Å²) in [6, 6.07) is 9.27. The third kappa shape index (κ3) is 5.40. The predicted molar refractivity (Wildman–Crippen MR) is 84.6 cm³/mol. The maximum Gasteiger partial charge on any atom is 0.361 e. The summed E-state index contributed by atoms with van der Waals surface area (Å²) in [7, 11) is -3.24. The Kier molecular flexibility index (Phi) is 7.50. The van der Waals surface area contributed by atoms with E-state index in [2.05, 4.69) is 13.8 Å². The monoisotopic (exact) mass is 298 g/mol. The highest BCUT2D eigenvalue weighted by Crippen LogP contribution is 2.50. The fourth-order valence-electron chi connectivity index (χ4n) is 2.15. The van der Waals surface area contributed by atoms with Crippen LogP contribution in [0.5, 0.6) is 0 Å². The molecule has 0 aliphatic heterocycles. The Balaban J connectivity index is 2.91. The van der Waals surface area contributed by atoms with E-state index in [9.17, 15) is 4.57 Å². The van der Waals surface area contributed by atoms with E-state index in [4.69, 9.17) is 9.05 Å². The first-order chi connectivity index (χ1) is 9.51. The van der Waals surface area contributed by atoms with Gasteiger partial charge in [0, 0.05) is 0 Å². The van der Waals surface area contributed by atoms with Gasteiger partial charge in [0.1, 0.15) is 0 Å². The number of rotatable bonds is 9. The molecule has 1 rings (SSSR count). The molecule has 0 spiro atoms. The lowest BCUT2D eigenvalue weighted by atomic mass is 10.2. The summed E-state index contributed by atoms with van der Waals surface area (Å²) < 4.78 is 24.8. The molecular weight excluding hydrogens is 271 g/mol. The van der Waals surface area contributed by atoms with Gasteiger partial charge in [0.2, 0.25) is 0 Å². The zero-order chi connectivity index (χ0) is 15.0. The third-order valence-electron chi connectivity index (χ3n) is 3.10. The molecule has 0 saturated carbocycles.